The van der Waals surface area contributed by atoms with Gasteiger partial charge in [0.1, 0.15) is 11.6 Å². The van der Waals surface area contributed by atoms with Crippen molar-refractivity contribution < 1.29 is 0 Å². The summed E-state index contributed by atoms with van der Waals surface area (Å²) in [6.07, 6.45) is 1.83. The molecule has 0 aromatic carbocycles. The van der Waals surface area contributed by atoms with E-state index in [0.29, 0.717) is 5.28 Å². The average molecular weight is 290 g/mol. The minimum atomic E-state index is 0.312. The van der Waals surface area contributed by atoms with Crippen LogP contribution in [0.15, 0.2) is 30.5 Å². The molecule has 1 fully saturated rings. The zero-order chi connectivity index (χ0) is 13.9. The number of piperazine rings is 1. The number of anilines is 2. The molecule has 0 amide bonds. The molecule has 0 radical (unpaired) electrons. The largest absolute Gasteiger partial charge is 0.353 e. The second kappa shape index (κ2) is 5.63. The summed E-state index contributed by atoms with van der Waals surface area (Å²) in [4.78, 5) is 17.3. The summed E-state index contributed by atoms with van der Waals surface area (Å²) in [5, 5.41) is 0.312. The van der Waals surface area contributed by atoms with E-state index in [1.807, 2.05) is 37.4 Å². The normalized spacial score (nSPS) is 15.5. The lowest BCUT2D eigenvalue weighted by Crippen LogP contribution is -2.47. The van der Waals surface area contributed by atoms with Crippen molar-refractivity contribution in [2.24, 2.45) is 0 Å². The van der Waals surface area contributed by atoms with E-state index in [2.05, 4.69) is 24.8 Å². The van der Waals surface area contributed by atoms with Crippen LogP contribution in [-0.2, 0) is 0 Å². The van der Waals surface area contributed by atoms with Crippen LogP contribution in [0, 0.1) is 6.92 Å². The molecular weight excluding hydrogens is 274 g/mol. The lowest BCUT2D eigenvalue weighted by molar-refractivity contribution is 0.640. The first-order valence-corrected chi connectivity index (χ1v) is 7.02. The monoisotopic (exact) mass is 289 g/mol. The van der Waals surface area contributed by atoms with Gasteiger partial charge in [0.15, 0.2) is 0 Å². The summed E-state index contributed by atoms with van der Waals surface area (Å²) in [5.74, 6) is 1.94. The van der Waals surface area contributed by atoms with Crippen LogP contribution < -0.4 is 9.80 Å². The molecule has 3 heterocycles. The fourth-order valence-electron chi connectivity index (χ4n) is 2.38. The first-order chi connectivity index (χ1) is 9.72. The van der Waals surface area contributed by atoms with Gasteiger partial charge in [-0.25, -0.2) is 15.0 Å². The van der Waals surface area contributed by atoms with Crippen molar-refractivity contribution in [2.75, 3.05) is 36.0 Å². The summed E-state index contributed by atoms with van der Waals surface area (Å²) in [7, 11) is 0. The van der Waals surface area contributed by atoms with E-state index in [1.54, 1.807) is 0 Å². The topological polar surface area (TPSA) is 45.2 Å². The van der Waals surface area contributed by atoms with Crippen LogP contribution in [0.5, 0.6) is 0 Å². The number of aromatic nitrogens is 3. The Morgan fingerprint density at radius 1 is 1.00 bits per heavy atom. The van der Waals surface area contributed by atoms with Crippen molar-refractivity contribution >= 4 is 23.2 Å². The summed E-state index contributed by atoms with van der Waals surface area (Å²) in [5.41, 5.74) is 0.896. The highest BCUT2D eigenvalue weighted by molar-refractivity contribution is 6.28. The molecule has 3 rings (SSSR count). The molecule has 104 valence electrons. The summed E-state index contributed by atoms with van der Waals surface area (Å²) in [6, 6.07) is 7.97. The Bertz CT molecular complexity index is 561. The van der Waals surface area contributed by atoms with Crippen molar-refractivity contribution in [1.82, 2.24) is 15.0 Å². The maximum absolute atomic E-state index is 5.92. The van der Waals surface area contributed by atoms with Gasteiger partial charge in [-0.2, -0.15) is 0 Å². The smallest absolute Gasteiger partial charge is 0.224 e. The van der Waals surface area contributed by atoms with Gasteiger partial charge in [-0.3, -0.25) is 0 Å². The average Bonchev–Trinajstić information content (AvgIpc) is 2.47. The zero-order valence-corrected chi connectivity index (χ0v) is 12.1. The van der Waals surface area contributed by atoms with Gasteiger partial charge in [0.25, 0.3) is 0 Å². The third-order valence-corrected chi connectivity index (χ3v) is 3.56. The van der Waals surface area contributed by atoms with Crippen LogP contribution >= 0.6 is 11.6 Å². The maximum Gasteiger partial charge on any atom is 0.224 e. The molecule has 0 spiro atoms. The van der Waals surface area contributed by atoms with E-state index in [4.69, 9.17) is 11.6 Å². The predicted octanol–water partition coefficient (Wildman–Crippen LogP) is 2.16. The summed E-state index contributed by atoms with van der Waals surface area (Å²) < 4.78 is 0. The van der Waals surface area contributed by atoms with Crippen LogP contribution in [0.3, 0.4) is 0 Å². The molecule has 20 heavy (non-hydrogen) atoms. The number of rotatable bonds is 2. The second-order valence-electron chi connectivity index (χ2n) is 4.80. The Labute approximate surface area is 123 Å². The number of halogens is 1. The van der Waals surface area contributed by atoms with Gasteiger partial charge in [-0.05, 0) is 30.7 Å². The van der Waals surface area contributed by atoms with E-state index < -0.39 is 0 Å². The van der Waals surface area contributed by atoms with Crippen molar-refractivity contribution in [3.05, 3.63) is 41.4 Å². The van der Waals surface area contributed by atoms with E-state index in [0.717, 1.165) is 43.5 Å². The minimum absolute atomic E-state index is 0.312. The van der Waals surface area contributed by atoms with Crippen LogP contribution in [0.25, 0.3) is 0 Å². The quantitative estimate of drug-likeness (QED) is 0.793. The molecule has 0 bridgehead atoms. The predicted molar refractivity (Wildman–Crippen MR) is 80.4 cm³/mol. The van der Waals surface area contributed by atoms with Crippen LogP contribution in [0.2, 0.25) is 5.28 Å². The highest BCUT2D eigenvalue weighted by Gasteiger charge is 2.19. The Hall–Kier alpha value is -1.88. The molecule has 6 heteroatoms. The SMILES string of the molecule is Cc1cc(N2CCN(c3ccccn3)CC2)nc(Cl)n1. The van der Waals surface area contributed by atoms with Gasteiger partial charge in [0, 0.05) is 44.1 Å². The fourth-order valence-corrected chi connectivity index (χ4v) is 2.60. The van der Waals surface area contributed by atoms with Gasteiger partial charge >= 0.3 is 0 Å². The van der Waals surface area contributed by atoms with Crippen LogP contribution in [-0.4, -0.2) is 41.1 Å². The van der Waals surface area contributed by atoms with Crippen molar-refractivity contribution in [1.29, 1.82) is 0 Å². The van der Waals surface area contributed by atoms with E-state index in [-0.39, 0.29) is 0 Å². The lowest BCUT2D eigenvalue weighted by atomic mass is 10.3. The van der Waals surface area contributed by atoms with Gasteiger partial charge in [0.2, 0.25) is 5.28 Å². The molecule has 2 aromatic heterocycles. The van der Waals surface area contributed by atoms with Crippen molar-refractivity contribution in [3.63, 3.8) is 0 Å². The van der Waals surface area contributed by atoms with E-state index in [1.165, 1.54) is 0 Å². The van der Waals surface area contributed by atoms with Gasteiger partial charge in [-0.1, -0.05) is 6.07 Å². The molecule has 0 unspecified atom stereocenters. The first-order valence-electron chi connectivity index (χ1n) is 6.64. The summed E-state index contributed by atoms with van der Waals surface area (Å²) >= 11 is 5.92. The molecule has 1 aliphatic heterocycles. The molecule has 0 atom stereocenters. The molecule has 5 nitrogen and oxygen atoms in total. The Morgan fingerprint density at radius 2 is 1.70 bits per heavy atom. The van der Waals surface area contributed by atoms with Crippen molar-refractivity contribution in [2.45, 2.75) is 6.92 Å². The third kappa shape index (κ3) is 2.82. The van der Waals surface area contributed by atoms with E-state index >= 15 is 0 Å². The molecule has 0 saturated carbocycles. The highest BCUT2D eigenvalue weighted by atomic mass is 35.5. The number of pyridine rings is 1. The maximum atomic E-state index is 5.92. The summed E-state index contributed by atoms with van der Waals surface area (Å²) in [6.45, 7) is 5.60. The van der Waals surface area contributed by atoms with E-state index in [9.17, 15) is 0 Å². The first kappa shape index (κ1) is 13.1. The van der Waals surface area contributed by atoms with Gasteiger partial charge in [-0.15, -0.1) is 0 Å². The Balaban J connectivity index is 1.69. The van der Waals surface area contributed by atoms with Crippen LogP contribution in [0.4, 0.5) is 11.6 Å². The fraction of sp³-hybridized carbons (Fsp3) is 0.357. The number of hydrogen-bond donors (Lipinski definition) is 0. The Morgan fingerprint density at radius 3 is 2.30 bits per heavy atom. The van der Waals surface area contributed by atoms with Gasteiger partial charge < -0.3 is 9.80 Å². The van der Waals surface area contributed by atoms with Crippen LogP contribution in [0.1, 0.15) is 5.69 Å². The number of aryl methyl sites for hydroxylation is 1. The number of nitrogens with zero attached hydrogens (tertiary/aromatic N) is 5. The third-order valence-electron chi connectivity index (χ3n) is 3.39. The minimum Gasteiger partial charge on any atom is -0.353 e. The molecule has 2 aromatic rings. The van der Waals surface area contributed by atoms with Gasteiger partial charge in [0.05, 0.1) is 0 Å². The molecule has 1 aliphatic rings. The zero-order valence-electron chi connectivity index (χ0n) is 11.3. The lowest BCUT2D eigenvalue weighted by Gasteiger charge is -2.36. The van der Waals surface area contributed by atoms with Crippen molar-refractivity contribution in [3.8, 4) is 0 Å². The Kier molecular flexibility index (Phi) is 3.69. The molecule has 1 saturated heterocycles. The molecule has 0 aliphatic carbocycles. The molecular formula is C14H16ClN5. The second-order valence-corrected chi connectivity index (χ2v) is 5.14. The highest BCUT2D eigenvalue weighted by Crippen LogP contribution is 2.19. The number of hydrogen-bond acceptors (Lipinski definition) is 5. The standard InChI is InChI=1S/C14H16ClN5/c1-11-10-13(18-14(15)17-11)20-8-6-19(7-9-20)12-4-2-3-5-16-12/h2-5,10H,6-9H2,1H3. The molecule has 0 N–H and O–H groups in total.